The van der Waals surface area contributed by atoms with Gasteiger partial charge < -0.3 is 10.5 Å². The summed E-state index contributed by atoms with van der Waals surface area (Å²) in [6.07, 6.45) is 3.77. The summed E-state index contributed by atoms with van der Waals surface area (Å²) in [5, 5.41) is 4.34. The van der Waals surface area contributed by atoms with E-state index in [0.29, 0.717) is 12.5 Å². The molecule has 0 radical (unpaired) electrons. The Morgan fingerprint density at radius 3 is 2.71 bits per heavy atom. The van der Waals surface area contributed by atoms with Gasteiger partial charge in [-0.1, -0.05) is 36.4 Å². The van der Waals surface area contributed by atoms with Crippen molar-refractivity contribution < 1.29 is 4.74 Å². The molecule has 0 saturated heterocycles. The van der Waals surface area contributed by atoms with E-state index >= 15 is 0 Å². The number of aromatic nitrogens is 2. The number of nitrogens with two attached hydrogens (primary N) is 1. The van der Waals surface area contributed by atoms with Gasteiger partial charge in [0.25, 0.3) is 0 Å². The average molecular weight is 281 g/mol. The van der Waals surface area contributed by atoms with Crippen LogP contribution in [0.4, 0.5) is 0 Å². The fraction of sp³-hybridized carbons (Fsp3) is 0.235. The molecule has 2 heterocycles. The van der Waals surface area contributed by atoms with Crippen LogP contribution in [-0.2, 0) is 6.42 Å². The zero-order valence-corrected chi connectivity index (χ0v) is 11.9. The quantitative estimate of drug-likeness (QED) is 0.755. The number of aryl methyl sites for hydroxylation is 1. The third-order valence-electron chi connectivity index (χ3n) is 3.44. The first-order valence-corrected chi connectivity index (χ1v) is 7.18. The normalized spacial score (nSPS) is 12.4. The van der Waals surface area contributed by atoms with E-state index in [9.17, 15) is 0 Å². The fourth-order valence-electron chi connectivity index (χ4n) is 2.26. The van der Waals surface area contributed by atoms with Crippen molar-refractivity contribution in [1.82, 2.24) is 9.61 Å². The summed E-state index contributed by atoms with van der Waals surface area (Å²) in [5.74, 6) is 0.622. The molecule has 0 saturated carbocycles. The molecule has 21 heavy (non-hydrogen) atoms. The minimum absolute atomic E-state index is 0.00928. The number of fused-ring (bicyclic) bond motifs is 1. The zero-order valence-electron chi connectivity index (χ0n) is 11.9. The topological polar surface area (TPSA) is 52.5 Å². The minimum Gasteiger partial charge on any atom is -0.475 e. The van der Waals surface area contributed by atoms with Crippen molar-refractivity contribution in [3.05, 3.63) is 66.4 Å². The fourth-order valence-corrected chi connectivity index (χ4v) is 2.26. The number of nitrogens with zero attached hydrogens (tertiary/aromatic N) is 2. The molecule has 0 spiro atoms. The highest BCUT2D eigenvalue weighted by atomic mass is 16.5. The van der Waals surface area contributed by atoms with Gasteiger partial charge in [0.15, 0.2) is 0 Å². The molecule has 0 bridgehead atoms. The molecule has 1 atom stereocenters. The summed E-state index contributed by atoms with van der Waals surface area (Å²) in [7, 11) is 0. The van der Waals surface area contributed by atoms with Crippen molar-refractivity contribution >= 4 is 5.52 Å². The zero-order chi connectivity index (χ0) is 14.5. The Kier molecular flexibility index (Phi) is 4.17. The van der Waals surface area contributed by atoms with E-state index in [-0.39, 0.29) is 6.04 Å². The number of benzene rings is 1. The Bertz CT molecular complexity index is 660. The molecule has 4 nitrogen and oxygen atoms in total. The Balaban J connectivity index is 1.50. The van der Waals surface area contributed by atoms with Gasteiger partial charge in [0.1, 0.15) is 6.61 Å². The lowest BCUT2D eigenvalue weighted by Crippen LogP contribution is -2.28. The van der Waals surface area contributed by atoms with Gasteiger partial charge in [-0.25, -0.2) is 4.52 Å². The standard InChI is InChI=1S/C17H19N3O/c18-15(10-9-14-6-2-1-3-7-14)13-21-17-12-16-8-4-5-11-20(16)19-17/h1-8,11-12,15H,9-10,13,18H2. The van der Waals surface area contributed by atoms with Gasteiger partial charge in [0.05, 0.1) is 5.52 Å². The molecule has 4 heteroatoms. The summed E-state index contributed by atoms with van der Waals surface area (Å²) in [4.78, 5) is 0. The van der Waals surface area contributed by atoms with Crippen LogP contribution in [0.25, 0.3) is 5.52 Å². The molecule has 1 unspecified atom stereocenters. The van der Waals surface area contributed by atoms with E-state index in [4.69, 9.17) is 10.5 Å². The highest BCUT2D eigenvalue weighted by Crippen LogP contribution is 2.13. The number of rotatable bonds is 6. The molecular formula is C17H19N3O. The molecular weight excluding hydrogens is 262 g/mol. The van der Waals surface area contributed by atoms with Gasteiger partial charge in [-0.05, 0) is 30.5 Å². The van der Waals surface area contributed by atoms with Crippen LogP contribution >= 0.6 is 0 Å². The predicted molar refractivity (Wildman–Crippen MR) is 83.4 cm³/mol. The average Bonchev–Trinajstić information content (AvgIpc) is 2.95. The smallest absolute Gasteiger partial charge is 0.233 e. The van der Waals surface area contributed by atoms with Crippen molar-refractivity contribution in [2.24, 2.45) is 5.73 Å². The van der Waals surface area contributed by atoms with E-state index < -0.39 is 0 Å². The molecule has 0 aliphatic rings. The number of pyridine rings is 1. The van der Waals surface area contributed by atoms with Crippen LogP contribution in [0.15, 0.2) is 60.8 Å². The third kappa shape index (κ3) is 3.61. The van der Waals surface area contributed by atoms with Crippen LogP contribution in [0.2, 0.25) is 0 Å². The largest absolute Gasteiger partial charge is 0.475 e. The molecule has 3 aromatic rings. The van der Waals surface area contributed by atoms with Crippen molar-refractivity contribution in [3.8, 4) is 5.88 Å². The highest BCUT2D eigenvalue weighted by molar-refractivity contribution is 5.48. The molecule has 2 aromatic heterocycles. The van der Waals surface area contributed by atoms with Gasteiger partial charge in [-0.15, -0.1) is 5.10 Å². The first kappa shape index (κ1) is 13.6. The van der Waals surface area contributed by atoms with Crippen LogP contribution in [0.5, 0.6) is 5.88 Å². The third-order valence-corrected chi connectivity index (χ3v) is 3.44. The van der Waals surface area contributed by atoms with E-state index in [0.717, 1.165) is 18.4 Å². The summed E-state index contributed by atoms with van der Waals surface area (Å²) in [6, 6.07) is 18.2. The van der Waals surface area contributed by atoms with E-state index in [1.807, 2.05) is 48.7 Å². The van der Waals surface area contributed by atoms with Crippen molar-refractivity contribution in [3.63, 3.8) is 0 Å². The monoisotopic (exact) mass is 281 g/mol. The lowest BCUT2D eigenvalue weighted by molar-refractivity contribution is 0.271. The first-order chi connectivity index (χ1) is 10.3. The van der Waals surface area contributed by atoms with E-state index in [1.54, 1.807) is 4.52 Å². The molecule has 1 aromatic carbocycles. The second-order valence-corrected chi connectivity index (χ2v) is 5.15. The maximum Gasteiger partial charge on any atom is 0.233 e. The van der Waals surface area contributed by atoms with Gasteiger partial charge in [0.2, 0.25) is 5.88 Å². The van der Waals surface area contributed by atoms with Crippen molar-refractivity contribution in [2.45, 2.75) is 18.9 Å². The van der Waals surface area contributed by atoms with Gasteiger partial charge in [-0.3, -0.25) is 0 Å². The van der Waals surface area contributed by atoms with Crippen molar-refractivity contribution in [1.29, 1.82) is 0 Å². The molecule has 3 rings (SSSR count). The summed E-state index contributed by atoms with van der Waals surface area (Å²) >= 11 is 0. The van der Waals surface area contributed by atoms with E-state index in [2.05, 4.69) is 17.2 Å². The van der Waals surface area contributed by atoms with Crippen LogP contribution < -0.4 is 10.5 Å². The maximum atomic E-state index is 6.10. The van der Waals surface area contributed by atoms with Crippen LogP contribution in [0.3, 0.4) is 0 Å². The maximum absolute atomic E-state index is 6.10. The molecule has 2 N–H and O–H groups in total. The molecule has 108 valence electrons. The molecule has 0 fully saturated rings. The molecule has 0 amide bonds. The Hall–Kier alpha value is -2.33. The van der Waals surface area contributed by atoms with Crippen molar-refractivity contribution in [2.75, 3.05) is 6.61 Å². The lowest BCUT2D eigenvalue weighted by atomic mass is 10.1. The minimum atomic E-state index is 0.00928. The van der Waals surface area contributed by atoms with Crippen LogP contribution in [0, 0.1) is 0 Å². The Morgan fingerprint density at radius 2 is 1.90 bits per heavy atom. The van der Waals surface area contributed by atoms with Gasteiger partial charge in [-0.2, -0.15) is 0 Å². The molecule has 0 aliphatic heterocycles. The second-order valence-electron chi connectivity index (χ2n) is 5.15. The number of hydrogen-bond donors (Lipinski definition) is 1. The lowest BCUT2D eigenvalue weighted by Gasteiger charge is -2.11. The summed E-state index contributed by atoms with van der Waals surface area (Å²) in [6.45, 7) is 0.483. The van der Waals surface area contributed by atoms with Crippen LogP contribution in [-0.4, -0.2) is 22.3 Å². The van der Waals surface area contributed by atoms with Gasteiger partial charge >= 0.3 is 0 Å². The van der Waals surface area contributed by atoms with E-state index in [1.165, 1.54) is 5.56 Å². The highest BCUT2D eigenvalue weighted by Gasteiger charge is 2.07. The number of hydrogen-bond acceptors (Lipinski definition) is 3. The SMILES string of the molecule is NC(CCc1ccccc1)COc1cc2ccccn2n1. The summed E-state index contributed by atoms with van der Waals surface area (Å²) in [5.41, 5.74) is 8.43. The predicted octanol–water partition coefficient (Wildman–Crippen LogP) is 2.67. The Labute approximate surface area is 124 Å². The Morgan fingerprint density at radius 1 is 1.10 bits per heavy atom. The van der Waals surface area contributed by atoms with Gasteiger partial charge in [0, 0.05) is 18.3 Å². The second kappa shape index (κ2) is 6.41. The summed E-state index contributed by atoms with van der Waals surface area (Å²) < 4.78 is 7.48. The number of ether oxygens (including phenoxy) is 1. The first-order valence-electron chi connectivity index (χ1n) is 7.18. The molecule has 0 aliphatic carbocycles. The van der Waals surface area contributed by atoms with Crippen LogP contribution in [0.1, 0.15) is 12.0 Å².